The van der Waals surface area contributed by atoms with Crippen molar-refractivity contribution in [3.8, 4) is 0 Å². The maximum atomic E-state index is 11.8. The van der Waals surface area contributed by atoms with Gasteiger partial charge in [0.25, 0.3) is 0 Å². The van der Waals surface area contributed by atoms with Crippen molar-refractivity contribution in [2.45, 2.75) is 18.4 Å². The molecule has 2 aromatic rings. The van der Waals surface area contributed by atoms with E-state index in [9.17, 15) is 13.2 Å². The summed E-state index contributed by atoms with van der Waals surface area (Å²) in [6.45, 7) is 2.12. The summed E-state index contributed by atoms with van der Waals surface area (Å²) in [7, 11) is -3.71. The number of urea groups is 1. The average molecular weight is 354 g/mol. The third-order valence-corrected chi connectivity index (χ3v) is 4.47. The predicted octanol–water partition coefficient (Wildman–Crippen LogP) is 2.62. The van der Waals surface area contributed by atoms with Crippen molar-refractivity contribution < 1.29 is 13.2 Å². The Morgan fingerprint density at radius 3 is 2.39 bits per heavy atom. The molecule has 0 spiro atoms. The van der Waals surface area contributed by atoms with Gasteiger partial charge in [0, 0.05) is 17.3 Å². The zero-order chi connectivity index (χ0) is 17.0. The Morgan fingerprint density at radius 2 is 1.83 bits per heavy atom. The van der Waals surface area contributed by atoms with E-state index < -0.39 is 10.0 Å². The van der Waals surface area contributed by atoms with E-state index in [2.05, 4.69) is 10.6 Å². The molecule has 0 unspecified atom stereocenters. The number of hydrogen-bond donors (Lipinski definition) is 3. The molecule has 122 valence electrons. The largest absolute Gasteiger partial charge is 0.334 e. The molecule has 0 saturated heterocycles. The van der Waals surface area contributed by atoms with Crippen LogP contribution in [0.3, 0.4) is 0 Å². The molecule has 6 nitrogen and oxygen atoms in total. The number of carbonyl (C=O) groups excluding carboxylic acids is 1. The predicted molar refractivity (Wildman–Crippen MR) is 89.9 cm³/mol. The van der Waals surface area contributed by atoms with Gasteiger partial charge < -0.3 is 10.6 Å². The number of hydrogen-bond acceptors (Lipinski definition) is 3. The number of nitrogens with two attached hydrogens (primary N) is 1. The highest BCUT2D eigenvalue weighted by Gasteiger charge is 2.07. The minimum absolute atomic E-state index is 0.0278. The number of sulfonamides is 1. The fraction of sp³-hybridized carbons (Fsp3) is 0.133. The van der Waals surface area contributed by atoms with Crippen LogP contribution in [0.1, 0.15) is 11.1 Å². The lowest BCUT2D eigenvalue weighted by molar-refractivity contribution is 0.251. The smallest absolute Gasteiger partial charge is 0.319 e. The van der Waals surface area contributed by atoms with Crippen molar-refractivity contribution in [3.63, 3.8) is 0 Å². The highest BCUT2D eigenvalue weighted by atomic mass is 35.5. The van der Waals surface area contributed by atoms with Crippen molar-refractivity contribution in [1.29, 1.82) is 0 Å². The summed E-state index contributed by atoms with van der Waals surface area (Å²) < 4.78 is 22.3. The number of benzene rings is 2. The van der Waals surface area contributed by atoms with Crippen LogP contribution in [0.4, 0.5) is 10.5 Å². The maximum absolute atomic E-state index is 11.8. The van der Waals surface area contributed by atoms with E-state index >= 15 is 0 Å². The molecule has 23 heavy (non-hydrogen) atoms. The first-order valence-corrected chi connectivity index (χ1v) is 8.61. The highest BCUT2D eigenvalue weighted by molar-refractivity contribution is 7.89. The van der Waals surface area contributed by atoms with E-state index in [1.54, 1.807) is 24.3 Å². The van der Waals surface area contributed by atoms with Crippen LogP contribution in [0, 0.1) is 6.92 Å². The van der Waals surface area contributed by atoms with Crippen molar-refractivity contribution in [3.05, 3.63) is 58.6 Å². The molecule has 0 aliphatic heterocycles. The third-order valence-electron chi connectivity index (χ3n) is 3.13. The van der Waals surface area contributed by atoms with Gasteiger partial charge in [-0.05, 0) is 42.3 Å². The Kier molecular flexibility index (Phi) is 5.25. The first-order chi connectivity index (χ1) is 10.8. The molecule has 0 bridgehead atoms. The van der Waals surface area contributed by atoms with Gasteiger partial charge >= 0.3 is 6.03 Å². The summed E-state index contributed by atoms with van der Waals surface area (Å²) in [6.07, 6.45) is 0. The molecule has 0 aromatic heterocycles. The minimum Gasteiger partial charge on any atom is -0.334 e. The van der Waals surface area contributed by atoms with Crippen LogP contribution in [-0.4, -0.2) is 14.4 Å². The van der Waals surface area contributed by atoms with E-state index in [4.69, 9.17) is 16.7 Å². The molecule has 0 aliphatic carbocycles. The Bertz CT molecular complexity index is 820. The van der Waals surface area contributed by atoms with E-state index in [0.29, 0.717) is 10.7 Å². The number of nitrogens with one attached hydrogen (secondary N) is 2. The SMILES string of the molecule is Cc1ccc(NC(=O)NCc2ccc(S(N)(=O)=O)cc2)cc1Cl. The van der Waals surface area contributed by atoms with Crippen LogP contribution in [0.5, 0.6) is 0 Å². The molecule has 0 radical (unpaired) electrons. The van der Waals surface area contributed by atoms with Gasteiger partial charge in [0.1, 0.15) is 0 Å². The fourth-order valence-electron chi connectivity index (χ4n) is 1.83. The summed E-state index contributed by atoms with van der Waals surface area (Å²) in [5.41, 5.74) is 2.25. The highest BCUT2D eigenvalue weighted by Crippen LogP contribution is 2.19. The molecule has 2 amide bonds. The van der Waals surface area contributed by atoms with Gasteiger partial charge in [-0.1, -0.05) is 29.8 Å². The average Bonchev–Trinajstić information content (AvgIpc) is 2.48. The lowest BCUT2D eigenvalue weighted by Gasteiger charge is -2.09. The van der Waals surface area contributed by atoms with Gasteiger partial charge in [-0.15, -0.1) is 0 Å². The Balaban J connectivity index is 1.92. The molecule has 0 aliphatic rings. The summed E-state index contributed by atoms with van der Waals surface area (Å²) in [4.78, 5) is 11.9. The number of rotatable bonds is 4. The summed E-state index contributed by atoms with van der Waals surface area (Å²) in [6, 6.07) is 10.8. The van der Waals surface area contributed by atoms with Crippen LogP contribution >= 0.6 is 11.6 Å². The maximum Gasteiger partial charge on any atom is 0.319 e. The first kappa shape index (κ1) is 17.3. The molecule has 0 atom stereocenters. The molecule has 0 fully saturated rings. The molecule has 4 N–H and O–H groups in total. The van der Waals surface area contributed by atoms with E-state index in [0.717, 1.165) is 11.1 Å². The number of halogens is 1. The van der Waals surface area contributed by atoms with Crippen LogP contribution in [0.2, 0.25) is 5.02 Å². The van der Waals surface area contributed by atoms with Crippen molar-refractivity contribution in [1.82, 2.24) is 5.32 Å². The van der Waals surface area contributed by atoms with E-state index in [1.807, 2.05) is 13.0 Å². The van der Waals surface area contributed by atoms with Crippen LogP contribution < -0.4 is 15.8 Å². The van der Waals surface area contributed by atoms with Crippen molar-refractivity contribution >= 4 is 33.3 Å². The van der Waals surface area contributed by atoms with Gasteiger partial charge in [-0.2, -0.15) is 0 Å². The molecule has 8 heteroatoms. The first-order valence-electron chi connectivity index (χ1n) is 6.68. The number of amides is 2. The quantitative estimate of drug-likeness (QED) is 0.787. The number of carbonyl (C=O) groups is 1. The second-order valence-corrected chi connectivity index (χ2v) is 6.93. The lowest BCUT2D eigenvalue weighted by atomic mass is 10.2. The van der Waals surface area contributed by atoms with Gasteiger partial charge in [-0.25, -0.2) is 18.4 Å². The summed E-state index contributed by atoms with van der Waals surface area (Å²) in [5, 5.41) is 10.9. The molecule has 0 heterocycles. The van der Waals surface area contributed by atoms with Gasteiger partial charge in [0.2, 0.25) is 10.0 Å². The molecule has 2 aromatic carbocycles. The monoisotopic (exact) mass is 353 g/mol. The normalized spacial score (nSPS) is 11.1. The fourth-order valence-corrected chi connectivity index (χ4v) is 2.52. The molecular weight excluding hydrogens is 338 g/mol. The minimum atomic E-state index is -3.71. The third kappa shape index (κ3) is 4.95. The lowest BCUT2D eigenvalue weighted by Crippen LogP contribution is -2.28. The van der Waals surface area contributed by atoms with Crippen LogP contribution in [0.15, 0.2) is 47.4 Å². The Hall–Kier alpha value is -2.09. The number of primary sulfonamides is 1. The topological polar surface area (TPSA) is 101 Å². The zero-order valence-corrected chi connectivity index (χ0v) is 13.9. The standard InChI is InChI=1S/C15H16ClN3O3S/c1-10-2-5-12(8-14(10)16)19-15(20)18-9-11-3-6-13(7-4-11)23(17,21)22/h2-8H,9H2,1H3,(H2,17,21,22)(H2,18,19,20). The molecule has 0 saturated carbocycles. The van der Waals surface area contributed by atoms with Crippen LogP contribution in [0.25, 0.3) is 0 Å². The van der Waals surface area contributed by atoms with E-state index in [-0.39, 0.29) is 17.5 Å². The second-order valence-electron chi connectivity index (χ2n) is 4.96. The zero-order valence-electron chi connectivity index (χ0n) is 12.3. The number of aryl methyl sites for hydroxylation is 1. The van der Waals surface area contributed by atoms with Gasteiger partial charge in [0.05, 0.1) is 4.90 Å². The van der Waals surface area contributed by atoms with Gasteiger partial charge in [0.15, 0.2) is 0 Å². The Morgan fingerprint density at radius 1 is 1.17 bits per heavy atom. The molecular formula is C15H16ClN3O3S. The van der Waals surface area contributed by atoms with Gasteiger partial charge in [-0.3, -0.25) is 0 Å². The molecule has 2 rings (SSSR count). The Labute approximate surface area is 139 Å². The van der Waals surface area contributed by atoms with E-state index in [1.165, 1.54) is 12.1 Å². The van der Waals surface area contributed by atoms with Crippen molar-refractivity contribution in [2.24, 2.45) is 5.14 Å². The number of anilines is 1. The van der Waals surface area contributed by atoms with Crippen LogP contribution in [-0.2, 0) is 16.6 Å². The second kappa shape index (κ2) is 6.99. The summed E-state index contributed by atoms with van der Waals surface area (Å²) in [5.74, 6) is 0. The van der Waals surface area contributed by atoms with Crippen molar-refractivity contribution in [2.75, 3.05) is 5.32 Å². The summed E-state index contributed by atoms with van der Waals surface area (Å²) >= 11 is 5.99.